The molecule has 1 aliphatic heterocycles. The summed E-state index contributed by atoms with van der Waals surface area (Å²) in [7, 11) is 0. The number of hydrogen-bond acceptors (Lipinski definition) is 6. The Morgan fingerprint density at radius 3 is 2.55 bits per heavy atom. The van der Waals surface area contributed by atoms with Crippen molar-refractivity contribution >= 4 is 27.9 Å². The van der Waals surface area contributed by atoms with Crippen LogP contribution in [0, 0.1) is 6.92 Å². The van der Waals surface area contributed by atoms with Gasteiger partial charge in [-0.05, 0) is 93.6 Å². The maximum atomic E-state index is 13.2. The van der Waals surface area contributed by atoms with Crippen molar-refractivity contribution in [1.82, 2.24) is 4.98 Å². The minimum atomic E-state index is -1.17. The Morgan fingerprint density at radius 2 is 1.94 bits per heavy atom. The van der Waals surface area contributed by atoms with Crippen molar-refractivity contribution in [2.24, 2.45) is 0 Å². The lowest BCUT2D eigenvalue weighted by atomic mass is 9.91. The summed E-state index contributed by atoms with van der Waals surface area (Å²) in [4.78, 5) is 29.4. The van der Waals surface area contributed by atoms with Crippen LogP contribution in [-0.2, 0) is 20.7 Å². The average Bonchev–Trinajstić information content (AvgIpc) is 2.71. The molecule has 7 nitrogen and oxygen atoms in total. The van der Waals surface area contributed by atoms with Gasteiger partial charge in [0.05, 0.1) is 22.8 Å². The second-order valence-corrected chi connectivity index (χ2v) is 10.1. The quantitative estimate of drug-likeness (QED) is 0.492. The average molecular weight is 520 g/mol. The van der Waals surface area contributed by atoms with Crippen molar-refractivity contribution in [1.29, 1.82) is 0 Å². The number of hydrogen-bond donors (Lipinski definition) is 1. The van der Waals surface area contributed by atoms with E-state index in [4.69, 9.17) is 14.2 Å². The first-order valence-corrected chi connectivity index (χ1v) is 11.8. The summed E-state index contributed by atoms with van der Waals surface area (Å²) in [5, 5.41) is 9.76. The van der Waals surface area contributed by atoms with E-state index in [0.717, 1.165) is 29.7 Å². The monoisotopic (exact) mass is 519 g/mol. The molecule has 178 valence electrons. The summed E-state index contributed by atoms with van der Waals surface area (Å²) in [6.07, 6.45) is 0.309. The number of ether oxygens (including phenoxy) is 3. The number of pyridine rings is 1. The molecule has 1 atom stereocenters. The Bertz CT molecular complexity index is 1070. The van der Waals surface area contributed by atoms with Gasteiger partial charge in [0.1, 0.15) is 5.75 Å². The lowest BCUT2D eigenvalue weighted by Crippen LogP contribution is -2.31. The van der Waals surface area contributed by atoms with Crippen LogP contribution in [0.2, 0.25) is 0 Å². The number of carboxylic acids is 1. The van der Waals surface area contributed by atoms with Crippen molar-refractivity contribution in [2.45, 2.75) is 72.2 Å². The fourth-order valence-corrected chi connectivity index (χ4v) is 4.53. The first-order chi connectivity index (χ1) is 15.4. The normalized spacial score (nSPS) is 14.4. The molecule has 0 bridgehead atoms. The predicted molar refractivity (Wildman–Crippen MR) is 128 cm³/mol. The van der Waals surface area contributed by atoms with Gasteiger partial charge in [0.2, 0.25) is 0 Å². The van der Waals surface area contributed by atoms with Crippen molar-refractivity contribution in [3.05, 3.63) is 45.2 Å². The molecule has 1 aromatic carbocycles. The molecule has 3 rings (SSSR count). The number of carboxylic acid groups (broad SMARTS) is 1. The Kier molecular flexibility index (Phi) is 7.49. The van der Waals surface area contributed by atoms with E-state index in [1.807, 2.05) is 39.0 Å². The summed E-state index contributed by atoms with van der Waals surface area (Å²) in [6.45, 7) is 11.4. The van der Waals surface area contributed by atoms with Crippen molar-refractivity contribution in [2.75, 3.05) is 6.61 Å². The predicted octanol–water partition coefficient (Wildman–Crippen LogP) is 5.65. The Labute approximate surface area is 202 Å². The molecular formula is C25H30BrNO6. The van der Waals surface area contributed by atoms with Gasteiger partial charge in [-0.25, -0.2) is 14.6 Å². The standard InChI is InChI=1S/C25H30BrNO6/c1-13(2)32-24(30)22(33-25(4,5)6)18-14(3)27-21(23(28)29)20(26)19(18)16-9-10-17-15(12-16)8-7-11-31-17/h9-10,12-13,22H,7-8,11H2,1-6H3,(H,28,29)/t22-/m0/s1. The molecule has 1 aliphatic rings. The summed E-state index contributed by atoms with van der Waals surface area (Å²) in [5.41, 5.74) is 2.37. The summed E-state index contributed by atoms with van der Waals surface area (Å²) in [6, 6.07) is 5.72. The van der Waals surface area contributed by atoms with Crippen LogP contribution in [0.25, 0.3) is 11.1 Å². The van der Waals surface area contributed by atoms with Gasteiger partial charge in [0, 0.05) is 16.8 Å². The van der Waals surface area contributed by atoms with Crippen LogP contribution in [0.1, 0.15) is 74.5 Å². The molecule has 2 aromatic rings. The number of carbonyl (C=O) groups excluding carboxylic acids is 1. The maximum absolute atomic E-state index is 13.2. The molecule has 0 unspecified atom stereocenters. The molecule has 0 spiro atoms. The number of benzene rings is 1. The van der Waals surface area contributed by atoms with Crippen LogP contribution in [-0.4, -0.2) is 40.3 Å². The van der Waals surface area contributed by atoms with E-state index in [2.05, 4.69) is 20.9 Å². The zero-order chi connectivity index (χ0) is 24.5. The summed E-state index contributed by atoms with van der Waals surface area (Å²) >= 11 is 3.47. The lowest BCUT2D eigenvalue weighted by Gasteiger charge is -2.30. The third-order valence-electron chi connectivity index (χ3n) is 5.07. The fraction of sp³-hybridized carbons (Fsp3) is 0.480. The van der Waals surface area contributed by atoms with Gasteiger partial charge >= 0.3 is 11.9 Å². The molecule has 0 radical (unpaired) electrons. The van der Waals surface area contributed by atoms with Gasteiger partial charge in [-0.3, -0.25) is 0 Å². The van der Waals surface area contributed by atoms with Crippen molar-refractivity contribution in [3.8, 4) is 16.9 Å². The minimum absolute atomic E-state index is 0.132. The van der Waals surface area contributed by atoms with Crippen LogP contribution >= 0.6 is 15.9 Å². The van der Waals surface area contributed by atoms with Gasteiger partial charge < -0.3 is 19.3 Å². The van der Waals surface area contributed by atoms with E-state index >= 15 is 0 Å². The highest BCUT2D eigenvalue weighted by atomic mass is 79.9. The van der Waals surface area contributed by atoms with E-state index in [0.29, 0.717) is 23.4 Å². The number of nitrogens with zero attached hydrogens (tertiary/aromatic N) is 1. The Hall–Kier alpha value is -2.45. The van der Waals surface area contributed by atoms with Crippen molar-refractivity contribution in [3.63, 3.8) is 0 Å². The van der Waals surface area contributed by atoms with E-state index in [1.54, 1.807) is 20.8 Å². The SMILES string of the molecule is Cc1nc(C(=O)O)c(Br)c(-c2ccc3c(c2)CCCO3)c1[C@H](OC(C)(C)C)C(=O)OC(C)C. The summed E-state index contributed by atoms with van der Waals surface area (Å²) in [5.74, 6) is -0.909. The van der Waals surface area contributed by atoms with Crippen LogP contribution in [0.3, 0.4) is 0 Å². The van der Waals surface area contributed by atoms with Gasteiger partial charge in [-0.2, -0.15) is 0 Å². The van der Waals surface area contributed by atoms with Crippen LogP contribution in [0.4, 0.5) is 0 Å². The molecule has 2 heterocycles. The first kappa shape index (κ1) is 25.2. The molecule has 0 fully saturated rings. The van der Waals surface area contributed by atoms with Gasteiger partial charge in [0.15, 0.2) is 11.8 Å². The van der Waals surface area contributed by atoms with Crippen molar-refractivity contribution < 1.29 is 28.9 Å². The number of rotatable bonds is 6. The number of aromatic carboxylic acids is 1. The zero-order valence-electron chi connectivity index (χ0n) is 19.8. The molecule has 1 N–H and O–H groups in total. The first-order valence-electron chi connectivity index (χ1n) is 11.0. The van der Waals surface area contributed by atoms with Crippen LogP contribution < -0.4 is 4.74 Å². The molecule has 0 saturated heterocycles. The summed E-state index contributed by atoms with van der Waals surface area (Å²) < 4.78 is 17.7. The zero-order valence-corrected chi connectivity index (χ0v) is 21.4. The molecule has 33 heavy (non-hydrogen) atoms. The molecule has 0 amide bonds. The van der Waals surface area contributed by atoms with Crippen LogP contribution in [0.15, 0.2) is 22.7 Å². The molecule has 0 saturated carbocycles. The molecular weight excluding hydrogens is 490 g/mol. The van der Waals surface area contributed by atoms with Gasteiger partial charge in [-0.15, -0.1) is 0 Å². The van der Waals surface area contributed by atoms with Crippen LogP contribution in [0.5, 0.6) is 5.75 Å². The lowest BCUT2D eigenvalue weighted by molar-refractivity contribution is -0.171. The second kappa shape index (κ2) is 9.81. The number of esters is 1. The number of aromatic nitrogens is 1. The molecule has 1 aromatic heterocycles. The smallest absolute Gasteiger partial charge is 0.355 e. The number of carbonyl (C=O) groups is 2. The van der Waals surface area contributed by atoms with Gasteiger partial charge in [-0.1, -0.05) is 6.07 Å². The van der Waals surface area contributed by atoms with Gasteiger partial charge in [0.25, 0.3) is 0 Å². The van der Waals surface area contributed by atoms with E-state index in [1.165, 1.54) is 0 Å². The fourth-order valence-electron chi connectivity index (χ4n) is 3.83. The second-order valence-electron chi connectivity index (χ2n) is 9.32. The third kappa shape index (κ3) is 5.73. The largest absolute Gasteiger partial charge is 0.493 e. The van der Waals surface area contributed by atoms with E-state index in [9.17, 15) is 14.7 Å². The molecule has 0 aliphatic carbocycles. The number of aryl methyl sites for hydroxylation is 2. The molecule has 8 heteroatoms. The third-order valence-corrected chi connectivity index (χ3v) is 5.84. The number of halogens is 1. The number of fused-ring (bicyclic) bond motifs is 1. The maximum Gasteiger partial charge on any atom is 0.355 e. The Morgan fingerprint density at radius 1 is 1.24 bits per heavy atom. The Balaban J connectivity index is 2.30. The highest BCUT2D eigenvalue weighted by molar-refractivity contribution is 9.10. The van der Waals surface area contributed by atoms with E-state index in [-0.39, 0.29) is 16.3 Å². The van der Waals surface area contributed by atoms with E-state index < -0.39 is 23.6 Å². The minimum Gasteiger partial charge on any atom is -0.493 e. The highest BCUT2D eigenvalue weighted by Crippen LogP contribution is 2.42. The topological polar surface area (TPSA) is 95.0 Å². The highest BCUT2D eigenvalue weighted by Gasteiger charge is 2.35.